The van der Waals surface area contributed by atoms with Crippen molar-refractivity contribution in [3.63, 3.8) is 0 Å². The molecule has 2 aromatic heterocycles. The number of nitriles is 2. The lowest BCUT2D eigenvalue weighted by molar-refractivity contribution is -0.148. The predicted molar refractivity (Wildman–Crippen MR) is 101 cm³/mol. The number of aryl methyl sites for hydroxylation is 1. The molecule has 0 aliphatic rings. The molecule has 2 N–H and O–H groups in total. The van der Waals surface area contributed by atoms with Crippen molar-refractivity contribution in [3.8, 4) is 12.1 Å². The Bertz CT molecular complexity index is 1290. The first-order valence-electron chi connectivity index (χ1n) is 8.67. The summed E-state index contributed by atoms with van der Waals surface area (Å²) in [4.78, 5) is 34.8. The molecule has 0 aliphatic heterocycles. The number of hydrogen-bond acceptors (Lipinski definition) is 6. The van der Waals surface area contributed by atoms with Crippen LogP contribution in [0.15, 0.2) is 35.4 Å². The van der Waals surface area contributed by atoms with Crippen molar-refractivity contribution in [1.29, 1.82) is 10.5 Å². The smallest absolute Gasteiger partial charge is 0.341 e. The van der Waals surface area contributed by atoms with Crippen molar-refractivity contribution in [2.75, 3.05) is 0 Å². The fourth-order valence-corrected chi connectivity index (χ4v) is 3.10. The number of fused-ring (bicyclic) bond motifs is 1. The molecule has 30 heavy (non-hydrogen) atoms. The van der Waals surface area contributed by atoms with Gasteiger partial charge in [-0.15, -0.1) is 0 Å². The molecule has 3 aromatic rings. The summed E-state index contributed by atoms with van der Waals surface area (Å²) in [7, 11) is 0. The van der Waals surface area contributed by atoms with Crippen LogP contribution >= 0.6 is 0 Å². The number of carbonyl (C=O) groups is 1. The first-order valence-corrected chi connectivity index (χ1v) is 8.67. The molecule has 150 valence electrons. The second kappa shape index (κ2) is 7.68. The molecule has 0 bridgehead atoms. The second-order valence-corrected chi connectivity index (χ2v) is 6.51. The molecule has 1 atom stereocenters. The molecular formula is C20H14F2N6O2. The Labute approximate surface area is 168 Å². The lowest BCUT2D eigenvalue weighted by Gasteiger charge is -2.21. The summed E-state index contributed by atoms with van der Waals surface area (Å²) < 4.78 is 30.1. The maximum absolute atomic E-state index is 15.0. The van der Waals surface area contributed by atoms with E-state index in [1.165, 1.54) is 44.4 Å². The molecule has 0 radical (unpaired) electrons. The van der Waals surface area contributed by atoms with E-state index in [1.807, 2.05) is 12.1 Å². The summed E-state index contributed by atoms with van der Waals surface area (Å²) in [5.41, 5.74) is -1.84. The van der Waals surface area contributed by atoms with E-state index in [0.717, 1.165) is 0 Å². The van der Waals surface area contributed by atoms with Gasteiger partial charge in [0.15, 0.2) is 0 Å². The Morgan fingerprint density at radius 2 is 1.90 bits per heavy atom. The Morgan fingerprint density at radius 3 is 2.50 bits per heavy atom. The Balaban J connectivity index is 2.01. The van der Waals surface area contributed by atoms with Crippen molar-refractivity contribution in [3.05, 3.63) is 69.0 Å². The van der Waals surface area contributed by atoms with Gasteiger partial charge in [-0.3, -0.25) is 9.59 Å². The second-order valence-electron chi connectivity index (χ2n) is 6.51. The minimum Gasteiger partial charge on any atom is -0.341 e. The molecule has 1 aromatic carbocycles. The lowest BCUT2D eigenvalue weighted by atomic mass is 9.96. The van der Waals surface area contributed by atoms with Gasteiger partial charge in [0, 0.05) is 23.3 Å². The van der Waals surface area contributed by atoms with Crippen LogP contribution in [-0.4, -0.2) is 20.9 Å². The summed E-state index contributed by atoms with van der Waals surface area (Å²) >= 11 is 0. The van der Waals surface area contributed by atoms with Crippen LogP contribution in [0.5, 0.6) is 0 Å². The van der Waals surface area contributed by atoms with E-state index in [0.29, 0.717) is 0 Å². The van der Waals surface area contributed by atoms with Gasteiger partial charge < -0.3 is 10.3 Å². The molecule has 0 unspecified atom stereocenters. The number of benzene rings is 1. The van der Waals surface area contributed by atoms with E-state index in [2.05, 4.69) is 20.3 Å². The average molecular weight is 408 g/mol. The van der Waals surface area contributed by atoms with Crippen molar-refractivity contribution < 1.29 is 13.6 Å². The van der Waals surface area contributed by atoms with Gasteiger partial charge >= 0.3 is 5.92 Å². The van der Waals surface area contributed by atoms with Gasteiger partial charge in [0.05, 0.1) is 28.8 Å². The first kappa shape index (κ1) is 20.6. The normalized spacial score (nSPS) is 12.1. The SMILES string of the molecule is Cc1c(C(F)(F)C(=O)N[C@@H](C)c2ncc(C#N)cn2)c(=O)[nH]c2cccc(C#N)c12. The third-order valence-corrected chi connectivity index (χ3v) is 4.55. The maximum atomic E-state index is 15.0. The fraction of sp³-hybridized carbons (Fsp3) is 0.200. The zero-order valence-corrected chi connectivity index (χ0v) is 15.8. The van der Waals surface area contributed by atoms with E-state index >= 15 is 8.78 Å². The number of nitrogens with one attached hydrogen (secondary N) is 2. The van der Waals surface area contributed by atoms with Crippen LogP contribution < -0.4 is 10.9 Å². The zero-order chi connectivity index (χ0) is 22.1. The molecule has 8 nitrogen and oxygen atoms in total. The van der Waals surface area contributed by atoms with Gasteiger partial charge in [0.25, 0.3) is 11.5 Å². The zero-order valence-electron chi connectivity index (χ0n) is 15.8. The number of alkyl halides is 2. The molecule has 3 rings (SSSR count). The highest BCUT2D eigenvalue weighted by atomic mass is 19.3. The summed E-state index contributed by atoms with van der Waals surface area (Å²) in [6.07, 6.45) is 2.40. The summed E-state index contributed by atoms with van der Waals surface area (Å²) in [5.74, 6) is -5.88. The van der Waals surface area contributed by atoms with Gasteiger partial charge in [-0.05, 0) is 31.5 Å². The van der Waals surface area contributed by atoms with Crippen molar-refractivity contribution in [2.24, 2.45) is 0 Å². The molecule has 0 aliphatic carbocycles. The fourth-order valence-electron chi connectivity index (χ4n) is 3.10. The van der Waals surface area contributed by atoms with Crippen molar-refractivity contribution in [1.82, 2.24) is 20.3 Å². The molecule has 0 saturated carbocycles. The topological polar surface area (TPSA) is 135 Å². The van der Waals surface area contributed by atoms with Crippen LogP contribution in [0.1, 0.15) is 41.0 Å². The Hall–Kier alpha value is -4.18. The van der Waals surface area contributed by atoms with Gasteiger partial charge in [-0.2, -0.15) is 19.3 Å². The van der Waals surface area contributed by atoms with Crippen LogP contribution in [0.2, 0.25) is 0 Å². The van der Waals surface area contributed by atoms with Gasteiger partial charge in [0.2, 0.25) is 0 Å². The first-order chi connectivity index (χ1) is 14.2. The van der Waals surface area contributed by atoms with Gasteiger partial charge in [0.1, 0.15) is 11.9 Å². The quantitative estimate of drug-likeness (QED) is 0.680. The number of halogens is 2. The minimum absolute atomic E-state index is 0.0223. The number of amides is 1. The minimum atomic E-state index is -4.19. The number of pyridine rings is 1. The third kappa shape index (κ3) is 3.47. The molecule has 1 amide bonds. The predicted octanol–water partition coefficient (Wildman–Crippen LogP) is 2.34. The number of carbonyl (C=O) groups excluding carboxylic acids is 1. The standard InChI is InChI=1S/C20H14F2N6O2/c1-10-15-13(7-24)4-3-5-14(15)28-18(29)16(10)20(21,22)19(30)27-11(2)17-25-8-12(6-23)9-26-17/h3-5,8-9,11H,1-2H3,(H,27,30)(H,28,29)/t11-/m0/s1. The van der Waals surface area contributed by atoms with E-state index in [-0.39, 0.29) is 33.4 Å². The van der Waals surface area contributed by atoms with E-state index in [9.17, 15) is 14.9 Å². The van der Waals surface area contributed by atoms with Crippen molar-refractivity contribution >= 4 is 16.8 Å². The van der Waals surface area contributed by atoms with E-state index in [4.69, 9.17) is 5.26 Å². The number of H-pyrrole nitrogens is 1. The molecule has 2 heterocycles. The maximum Gasteiger partial charge on any atom is 0.355 e. The highest BCUT2D eigenvalue weighted by Crippen LogP contribution is 2.32. The van der Waals surface area contributed by atoms with Crippen LogP contribution in [0.3, 0.4) is 0 Å². The van der Waals surface area contributed by atoms with Crippen LogP contribution in [-0.2, 0) is 10.7 Å². The number of aromatic amines is 1. The molecular weight excluding hydrogens is 394 g/mol. The summed E-state index contributed by atoms with van der Waals surface area (Å²) in [6, 6.07) is 7.14. The third-order valence-electron chi connectivity index (χ3n) is 4.55. The molecule has 0 fully saturated rings. The van der Waals surface area contributed by atoms with Gasteiger partial charge in [-0.1, -0.05) is 6.07 Å². The molecule has 0 saturated heterocycles. The van der Waals surface area contributed by atoms with Crippen LogP contribution in [0.4, 0.5) is 8.78 Å². The summed E-state index contributed by atoms with van der Waals surface area (Å²) in [6.45, 7) is 2.66. The summed E-state index contributed by atoms with van der Waals surface area (Å²) in [5, 5.41) is 20.3. The Morgan fingerprint density at radius 1 is 1.23 bits per heavy atom. The molecule has 10 heteroatoms. The van der Waals surface area contributed by atoms with E-state index < -0.39 is 29.0 Å². The highest BCUT2D eigenvalue weighted by molar-refractivity contribution is 5.92. The van der Waals surface area contributed by atoms with Crippen LogP contribution in [0.25, 0.3) is 10.9 Å². The average Bonchev–Trinajstić information content (AvgIpc) is 2.72. The Kier molecular flexibility index (Phi) is 5.26. The number of rotatable bonds is 4. The van der Waals surface area contributed by atoms with Crippen molar-refractivity contribution in [2.45, 2.75) is 25.8 Å². The van der Waals surface area contributed by atoms with E-state index in [1.54, 1.807) is 0 Å². The molecule has 0 spiro atoms. The number of nitrogens with zero attached hydrogens (tertiary/aromatic N) is 4. The van der Waals surface area contributed by atoms with Gasteiger partial charge in [-0.25, -0.2) is 9.97 Å². The monoisotopic (exact) mass is 408 g/mol. The largest absolute Gasteiger partial charge is 0.355 e. The number of aromatic nitrogens is 3. The highest BCUT2D eigenvalue weighted by Gasteiger charge is 2.45. The number of hydrogen-bond donors (Lipinski definition) is 2. The lowest BCUT2D eigenvalue weighted by Crippen LogP contribution is -2.43. The van der Waals surface area contributed by atoms with Crippen LogP contribution in [0, 0.1) is 29.6 Å².